The van der Waals surface area contributed by atoms with Gasteiger partial charge >= 0.3 is 0 Å². The van der Waals surface area contributed by atoms with Crippen LogP contribution in [0.25, 0.3) is 0 Å². The lowest BCUT2D eigenvalue weighted by Gasteiger charge is -2.40. The van der Waals surface area contributed by atoms with E-state index in [0.29, 0.717) is 5.69 Å². The summed E-state index contributed by atoms with van der Waals surface area (Å²) in [5, 5.41) is 2.90. The SMILES string of the molecule is O=C(NC1CN(c2cnccn2)C1)c1cnccn1. The fraction of sp³-hybridized carbons (Fsp3) is 0.250. The first-order valence-corrected chi connectivity index (χ1v) is 5.91. The zero-order chi connectivity index (χ0) is 13.1. The molecule has 2 aromatic rings. The lowest BCUT2D eigenvalue weighted by molar-refractivity contribution is 0.0924. The molecule has 1 aliphatic rings. The summed E-state index contributed by atoms with van der Waals surface area (Å²) in [7, 11) is 0. The number of amides is 1. The first-order chi connectivity index (χ1) is 9.33. The van der Waals surface area contributed by atoms with Crippen molar-refractivity contribution in [1.29, 1.82) is 0 Å². The number of anilines is 1. The first kappa shape index (κ1) is 11.5. The lowest BCUT2D eigenvalue weighted by atomic mass is 10.1. The predicted octanol–water partition coefficient (Wildman–Crippen LogP) is -0.115. The minimum atomic E-state index is -0.197. The standard InChI is InChI=1S/C12H12N6O/c19-12(10-5-13-1-3-15-10)17-9-7-18(8-9)11-6-14-2-4-16-11/h1-6,9H,7-8H2,(H,17,19). The van der Waals surface area contributed by atoms with Crippen LogP contribution in [0.1, 0.15) is 10.5 Å². The molecule has 3 heterocycles. The molecule has 0 spiro atoms. The molecule has 0 aromatic carbocycles. The van der Waals surface area contributed by atoms with Gasteiger partial charge in [0.15, 0.2) is 0 Å². The minimum Gasteiger partial charge on any atom is -0.351 e. The van der Waals surface area contributed by atoms with E-state index in [1.54, 1.807) is 18.6 Å². The molecule has 0 atom stereocenters. The maximum absolute atomic E-state index is 11.8. The van der Waals surface area contributed by atoms with Gasteiger partial charge in [-0.1, -0.05) is 0 Å². The second-order valence-electron chi connectivity index (χ2n) is 4.23. The van der Waals surface area contributed by atoms with Gasteiger partial charge in [-0.25, -0.2) is 9.97 Å². The maximum Gasteiger partial charge on any atom is 0.271 e. The van der Waals surface area contributed by atoms with Gasteiger partial charge in [-0.3, -0.25) is 14.8 Å². The van der Waals surface area contributed by atoms with Gasteiger partial charge in [0.1, 0.15) is 11.5 Å². The van der Waals surface area contributed by atoms with E-state index in [9.17, 15) is 4.79 Å². The molecule has 1 N–H and O–H groups in total. The molecular weight excluding hydrogens is 244 g/mol. The van der Waals surface area contributed by atoms with Gasteiger partial charge in [0.05, 0.1) is 18.4 Å². The monoisotopic (exact) mass is 256 g/mol. The third kappa shape index (κ3) is 2.49. The summed E-state index contributed by atoms with van der Waals surface area (Å²) in [6.07, 6.45) is 9.49. The number of carbonyl (C=O) groups excluding carboxylic acids is 1. The van der Waals surface area contributed by atoms with Gasteiger partial charge in [0.2, 0.25) is 0 Å². The molecule has 0 unspecified atom stereocenters. The van der Waals surface area contributed by atoms with Crippen LogP contribution < -0.4 is 10.2 Å². The van der Waals surface area contributed by atoms with E-state index in [1.165, 1.54) is 18.6 Å². The summed E-state index contributed by atoms with van der Waals surface area (Å²) in [5.41, 5.74) is 0.334. The van der Waals surface area contributed by atoms with E-state index in [2.05, 4.69) is 30.2 Å². The lowest BCUT2D eigenvalue weighted by Crippen LogP contribution is -2.59. The number of rotatable bonds is 3. The molecule has 19 heavy (non-hydrogen) atoms. The highest BCUT2D eigenvalue weighted by Crippen LogP contribution is 2.16. The Bertz CT molecular complexity index is 555. The summed E-state index contributed by atoms with van der Waals surface area (Å²) in [4.78, 5) is 29.9. The Morgan fingerprint density at radius 3 is 2.47 bits per heavy atom. The predicted molar refractivity (Wildman–Crippen MR) is 67.5 cm³/mol. The largest absolute Gasteiger partial charge is 0.351 e. The highest BCUT2D eigenvalue weighted by molar-refractivity contribution is 5.92. The van der Waals surface area contributed by atoms with Crippen LogP contribution in [0.2, 0.25) is 0 Å². The van der Waals surface area contributed by atoms with Crippen LogP contribution in [-0.4, -0.2) is 45.0 Å². The van der Waals surface area contributed by atoms with E-state index in [1.807, 2.05) is 0 Å². The highest BCUT2D eigenvalue weighted by Gasteiger charge is 2.29. The van der Waals surface area contributed by atoms with Crippen molar-refractivity contribution in [3.05, 3.63) is 42.9 Å². The fourth-order valence-electron chi connectivity index (χ4n) is 1.89. The summed E-state index contributed by atoms with van der Waals surface area (Å²) >= 11 is 0. The van der Waals surface area contributed by atoms with Gasteiger partial charge in [-0.05, 0) is 0 Å². The molecule has 1 saturated heterocycles. The van der Waals surface area contributed by atoms with Crippen molar-refractivity contribution >= 4 is 11.7 Å². The molecule has 0 aliphatic carbocycles. The first-order valence-electron chi connectivity index (χ1n) is 5.91. The number of hydrogen-bond acceptors (Lipinski definition) is 6. The molecule has 1 fully saturated rings. The van der Waals surface area contributed by atoms with Gasteiger partial charge in [-0.2, -0.15) is 0 Å². The van der Waals surface area contributed by atoms with Crippen molar-refractivity contribution < 1.29 is 4.79 Å². The van der Waals surface area contributed by atoms with Crippen molar-refractivity contribution in [2.24, 2.45) is 0 Å². The average Bonchev–Trinajstić information content (AvgIpc) is 2.44. The van der Waals surface area contributed by atoms with Crippen LogP contribution in [-0.2, 0) is 0 Å². The van der Waals surface area contributed by atoms with Crippen molar-refractivity contribution in [2.75, 3.05) is 18.0 Å². The van der Waals surface area contributed by atoms with Gasteiger partial charge < -0.3 is 10.2 Å². The zero-order valence-corrected chi connectivity index (χ0v) is 10.1. The summed E-state index contributed by atoms with van der Waals surface area (Å²) in [6.45, 7) is 1.45. The second-order valence-corrected chi connectivity index (χ2v) is 4.23. The Morgan fingerprint density at radius 1 is 1.11 bits per heavy atom. The van der Waals surface area contributed by atoms with Crippen LogP contribution in [0.15, 0.2) is 37.2 Å². The maximum atomic E-state index is 11.8. The zero-order valence-electron chi connectivity index (χ0n) is 10.1. The van der Waals surface area contributed by atoms with Crippen molar-refractivity contribution in [2.45, 2.75) is 6.04 Å². The molecular formula is C12H12N6O. The quantitative estimate of drug-likeness (QED) is 0.824. The summed E-state index contributed by atoms with van der Waals surface area (Å²) < 4.78 is 0. The van der Waals surface area contributed by atoms with E-state index in [-0.39, 0.29) is 11.9 Å². The molecule has 96 valence electrons. The van der Waals surface area contributed by atoms with Gasteiger partial charge in [0.25, 0.3) is 5.91 Å². The Morgan fingerprint density at radius 2 is 1.84 bits per heavy atom. The molecule has 7 heteroatoms. The van der Waals surface area contributed by atoms with Gasteiger partial charge in [0, 0.05) is 37.9 Å². The van der Waals surface area contributed by atoms with Crippen LogP contribution >= 0.6 is 0 Å². The average molecular weight is 256 g/mol. The molecule has 2 aromatic heterocycles. The topological polar surface area (TPSA) is 83.9 Å². The summed E-state index contributed by atoms with van der Waals surface area (Å²) in [6, 6.07) is 0.108. The van der Waals surface area contributed by atoms with Crippen LogP contribution in [0, 0.1) is 0 Å². The van der Waals surface area contributed by atoms with Crippen LogP contribution in [0.4, 0.5) is 5.82 Å². The number of carbonyl (C=O) groups is 1. The normalized spacial score (nSPS) is 14.8. The number of aromatic nitrogens is 4. The molecule has 3 rings (SSSR count). The van der Waals surface area contributed by atoms with Crippen molar-refractivity contribution in [3.63, 3.8) is 0 Å². The number of nitrogens with zero attached hydrogens (tertiary/aromatic N) is 5. The molecule has 7 nitrogen and oxygen atoms in total. The van der Waals surface area contributed by atoms with E-state index in [4.69, 9.17) is 0 Å². The Balaban J connectivity index is 1.54. The summed E-state index contributed by atoms with van der Waals surface area (Å²) in [5.74, 6) is 0.629. The Labute approximate surface area is 109 Å². The molecule has 0 radical (unpaired) electrons. The van der Waals surface area contributed by atoms with Crippen LogP contribution in [0.5, 0.6) is 0 Å². The number of hydrogen-bond donors (Lipinski definition) is 1. The molecule has 0 bridgehead atoms. The molecule has 1 amide bonds. The van der Waals surface area contributed by atoms with Crippen LogP contribution in [0.3, 0.4) is 0 Å². The second kappa shape index (κ2) is 4.97. The van der Waals surface area contributed by atoms with Crippen molar-refractivity contribution in [1.82, 2.24) is 25.3 Å². The smallest absolute Gasteiger partial charge is 0.271 e. The molecule has 1 aliphatic heterocycles. The van der Waals surface area contributed by atoms with Gasteiger partial charge in [-0.15, -0.1) is 0 Å². The Kier molecular flexibility index (Phi) is 3.01. The Hall–Kier alpha value is -2.57. The third-order valence-electron chi connectivity index (χ3n) is 2.89. The minimum absolute atomic E-state index is 0.108. The molecule has 0 saturated carbocycles. The highest BCUT2D eigenvalue weighted by atomic mass is 16.2. The fourth-order valence-corrected chi connectivity index (χ4v) is 1.89. The third-order valence-corrected chi connectivity index (χ3v) is 2.89. The van der Waals surface area contributed by atoms with E-state index in [0.717, 1.165) is 18.9 Å². The number of nitrogens with one attached hydrogen (secondary N) is 1. The van der Waals surface area contributed by atoms with E-state index < -0.39 is 0 Å². The van der Waals surface area contributed by atoms with Crippen molar-refractivity contribution in [3.8, 4) is 0 Å². The van der Waals surface area contributed by atoms with E-state index >= 15 is 0 Å².